The third kappa shape index (κ3) is 4.37. The van der Waals surface area contributed by atoms with Crippen molar-refractivity contribution in [3.8, 4) is 0 Å². The van der Waals surface area contributed by atoms with Crippen molar-refractivity contribution in [2.24, 2.45) is 5.73 Å². The van der Waals surface area contributed by atoms with Gasteiger partial charge in [0.2, 0.25) is 0 Å². The van der Waals surface area contributed by atoms with Gasteiger partial charge in [-0.1, -0.05) is 19.1 Å². The fraction of sp³-hybridized carbons (Fsp3) is 0.455. The zero-order valence-corrected chi connectivity index (χ0v) is 11.2. The van der Waals surface area contributed by atoms with Crippen LogP contribution in [-0.4, -0.2) is 28.0 Å². The lowest BCUT2D eigenvalue weighted by Crippen LogP contribution is -2.12. The van der Waals surface area contributed by atoms with Crippen molar-refractivity contribution in [1.82, 2.24) is 4.98 Å². The van der Waals surface area contributed by atoms with Crippen LogP contribution in [0.3, 0.4) is 0 Å². The summed E-state index contributed by atoms with van der Waals surface area (Å²) in [5.74, 6) is 0.832. The van der Waals surface area contributed by atoms with Crippen LogP contribution in [0.4, 0.5) is 5.82 Å². The van der Waals surface area contributed by atoms with E-state index in [2.05, 4.69) is 23.5 Å². The van der Waals surface area contributed by atoms with Gasteiger partial charge in [-0.05, 0) is 24.8 Å². The van der Waals surface area contributed by atoms with Crippen molar-refractivity contribution in [3.05, 3.63) is 23.9 Å². The van der Waals surface area contributed by atoms with E-state index in [4.69, 9.17) is 18.0 Å². The Hall–Kier alpha value is -0.810. The maximum Gasteiger partial charge on any atom is 0.126 e. The standard InChI is InChI=1S/C11H17N3S2/c1-8(16-2)3-5-13-10-7-9(11(12)15)4-6-14-10/h4,6-8H,3,5H2,1-2H3,(H2,12,15)(H,13,14). The van der Waals surface area contributed by atoms with Crippen molar-refractivity contribution in [3.63, 3.8) is 0 Å². The SMILES string of the molecule is CSC(C)CCNc1cc(C(N)=S)ccn1. The van der Waals surface area contributed by atoms with Gasteiger partial charge in [-0.3, -0.25) is 0 Å². The minimum absolute atomic E-state index is 0.405. The number of nitrogens with zero attached hydrogens (tertiary/aromatic N) is 1. The molecule has 1 atom stereocenters. The molecule has 3 N–H and O–H groups in total. The molecule has 1 heterocycles. The van der Waals surface area contributed by atoms with Crippen LogP contribution in [0, 0.1) is 0 Å². The molecule has 0 aliphatic rings. The highest BCUT2D eigenvalue weighted by molar-refractivity contribution is 7.99. The Balaban J connectivity index is 2.48. The number of thioether (sulfide) groups is 1. The number of hydrogen-bond donors (Lipinski definition) is 2. The molecule has 1 aromatic heterocycles. The molecule has 0 spiro atoms. The van der Waals surface area contributed by atoms with Crippen molar-refractivity contribution < 1.29 is 0 Å². The minimum Gasteiger partial charge on any atom is -0.389 e. The number of anilines is 1. The van der Waals surface area contributed by atoms with E-state index in [0.717, 1.165) is 24.3 Å². The average Bonchev–Trinajstić information content (AvgIpc) is 2.29. The van der Waals surface area contributed by atoms with Gasteiger partial charge in [0.05, 0.1) is 0 Å². The lowest BCUT2D eigenvalue weighted by atomic mass is 10.2. The molecule has 0 bridgehead atoms. The molecule has 1 unspecified atom stereocenters. The van der Waals surface area contributed by atoms with Crippen molar-refractivity contribution in [2.45, 2.75) is 18.6 Å². The molecule has 0 aliphatic heterocycles. The van der Waals surface area contributed by atoms with E-state index in [1.807, 2.05) is 23.9 Å². The maximum atomic E-state index is 5.55. The Morgan fingerprint density at radius 3 is 3.06 bits per heavy atom. The second-order valence-corrected chi connectivity index (χ2v) is 5.27. The minimum atomic E-state index is 0.405. The predicted molar refractivity (Wildman–Crippen MR) is 76.2 cm³/mol. The molecule has 1 rings (SSSR count). The number of rotatable bonds is 6. The van der Waals surface area contributed by atoms with Gasteiger partial charge < -0.3 is 11.1 Å². The summed E-state index contributed by atoms with van der Waals surface area (Å²) < 4.78 is 0. The summed E-state index contributed by atoms with van der Waals surface area (Å²) in [6.07, 6.45) is 4.95. The molecule has 3 nitrogen and oxygen atoms in total. The Morgan fingerprint density at radius 2 is 2.44 bits per heavy atom. The van der Waals surface area contributed by atoms with E-state index in [1.54, 1.807) is 6.20 Å². The molecule has 1 aromatic rings. The Morgan fingerprint density at radius 1 is 1.69 bits per heavy atom. The molecule has 0 fully saturated rings. The van der Waals surface area contributed by atoms with E-state index in [9.17, 15) is 0 Å². The molecule has 16 heavy (non-hydrogen) atoms. The van der Waals surface area contributed by atoms with E-state index in [1.165, 1.54) is 0 Å². The first kappa shape index (κ1) is 13.3. The Bertz CT molecular complexity index is 355. The van der Waals surface area contributed by atoms with Gasteiger partial charge >= 0.3 is 0 Å². The quantitative estimate of drug-likeness (QED) is 0.764. The second kappa shape index (κ2) is 6.70. The zero-order valence-electron chi connectivity index (χ0n) is 9.56. The van der Waals surface area contributed by atoms with Gasteiger partial charge in [-0.15, -0.1) is 0 Å². The van der Waals surface area contributed by atoms with Crippen LogP contribution >= 0.6 is 24.0 Å². The van der Waals surface area contributed by atoms with Gasteiger partial charge in [0.1, 0.15) is 10.8 Å². The number of thiocarbonyl (C=S) groups is 1. The van der Waals surface area contributed by atoms with Crippen molar-refractivity contribution in [2.75, 3.05) is 18.1 Å². The van der Waals surface area contributed by atoms with E-state index < -0.39 is 0 Å². The van der Waals surface area contributed by atoms with E-state index in [-0.39, 0.29) is 0 Å². The number of nitrogens with two attached hydrogens (primary N) is 1. The normalized spacial score (nSPS) is 12.1. The monoisotopic (exact) mass is 255 g/mol. The number of nitrogens with one attached hydrogen (secondary N) is 1. The lowest BCUT2D eigenvalue weighted by molar-refractivity contribution is 0.850. The van der Waals surface area contributed by atoms with Gasteiger partial charge in [0, 0.05) is 23.6 Å². The van der Waals surface area contributed by atoms with Crippen molar-refractivity contribution in [1.29, 1.82) is 0 Å². The second-order valence-electron chi connectivity index (χ2n) is 3.56. The summed E-state index contributed by atoms with van der Waals surface area (Å²) in [5.41, 5.74) is 6.41. The molecule has 0 saturated heterocycles. The third-order valence-electron chi connectivity index (χ3n) is 2.30. The van der Waals surface area contributed by atoms with Gasteiger partial charge in [0.15, 0.2) is 0 Å². The largest absolute Gasteiger partial charge is 0.389 e. The highest BCUT2D eigenvalue weighted by Gasteiger charge is 2.01. The van der Waals surface area contributed by atoms with E-state index in [0.29, 0.717) is 10.2 Å². The van der Waals surface area contributed by atoms with Crippen LogP contribution in [0.5, 0.6) is 0 Å². The Labute approximate surface area is 106 Å². The molecule has 0 radical (unpaired) electrons. The lowest BCUT2D eigenvalue weighted by Gasteiger charge is -2.10. The fourth-order valence-corrected chi connectivity index (χ4v) is 1.68. The summed E-state index contributed by atoms with van der Waals surface area (Å²) in [4.78, 5) is 4.62. The van der Waals surface area contributed by atoms with Crippen molar-refractivity contribution >= 4 is 34.8 Å². The molecule has 0 saturated carbocycles. The molecule has 5 heteroatoms. The molecule has 0 aromatic carbocycles. The van der Waals surface area contributed by atoms with Gasteiger partial charge in [-0.25, -0.2) is 4.98 Å². The summed E-state index contributed by atoms with van der Waals surface area (Å²) in [5, 5.41) is 3.92. The number of aromatic nitrogens is 1. The first-order valence-corrected chi connectivity index (χ1v) is 6.85. The first-order chi connectivity index (χ1) is 7.63. The summed E-state index contributed by atoms with van der Waals surface area (Å²) >= 11 is 6.78. The highest BCUT2D eigenvalue weighted by Crippen LogP contribution is 2.11. The highest BCUT2D eigenvalue weighted by atomic mass is 32.2. The zero-order chi connectivity index (χ0) is 12.0. The third-order valence-corrected chi connectivity index (χ3v) is 3.58. The summed E-state index contributed by atoms with van der Waals surface area (Å²) in [7, 11) is 0. The van der Waals surface area contributed by atoms with Crippen LogP contribution in [0.25, 0.3) is 0 Å². The van der Waals surface area contributed by atoms with Crippen LogP contribution in [0.2, 0.25) is 0 Å². The van der Waals surface area contributed by atoms with E-state index >= 15 is 0 Å². The molecular formula is C11H17N3S2. The molecule has 0 aliphatic carbocycles. The first-order valence-electron chi connectivity index (χ1n) is 5.16. The Kier molecular flexibility index (Phi) is 5.55. The predicted octanol–water partition coefficient (Wildman–Crippen LogP) is 2.27. The van der Waals surface area contributed by atoms with Crippen LogP contribution in [0.15, 0.2) is 18.3 Å². The molecule has 0 amide bonds. The fourth-order valence-electron chi connectivity index (χ4n) is 1.20. The van der Waals surface area contributed by atoms with Crippen LogP contribution in [-0.2, 0) is 0 Å². The molecular weight excluding hydrogens is 238 g/mol. The summed E-state index contributed by atoms with van der Waals surface area (Å²) in [6, 6.07) is 3.70. The smallest absolute Gasteiger partial charge is 0.126 e. The van der Waals surface area contributed by atoms with Gasteiger partial charge in [-0.2, -0.15) is 11.8 Å². The maximum absolute atomic E-state index is 5.55. The molecule has 88 valence electrons. The number of pyridine rings is 1. The summed E-state index contributed by atoms with van der Waals surface area (Å²) in [6.45, 7) is 3.13. The average molecular weight is 255 g/mol. The topological polar surface area (TPSA) is 50.9 Å². The number of hydrogen-bond acceptors (Lipinski definition) is 4. The van der Waals surface area contributed by atoms with Gasteiger partial charge in [0.25, 0.3) is 0 Å². The van der Waals surface area contributed by atoms with Crippen LogP contribution in [0.1, 0.15) is 18.9 Å². The van der Waals surface area contributed by atoms with Crippen LogP contribution < -0.4 is 11.1 Å².